The summed E-state index contributed by atoms with van der Waals surface area (Å²) in [6, 6.07) is 15.1. The molecule has 132 valence electrons. The number of nitrogens with zero attached hydrogens (tertiary/aromatic N) is 1. The molecule has 6 heteroatoms. The summed E-state index contributed by atoms with van der Waals surface area (Å²) in [4.78, 5) is 25.2. The lowest BCUT2D eigenvalue weighted by molar-refractivity contribution is -0.129. The second-order valence-corrected chi connectivity index (χ2v) is 6.26. The zero-order chi connectivity index (χ0) is 18.1. The third-order valence-corrected chi connectivity index (χ3v) is 4.59. The second kappa shape index (κ2) is 6.55. The molecule has 1 saturated heterocycles. The molecule has 1 fully saturated rings. The molecule has 1 aliphatic rings. The van der Waals surface area contributed by atoms with Crippen molar-refractivity contribution < 1.29 is 18.7 Å². The number of imide groups is 1. The summed E-state index contributed by atoms with van der Waals surface area (Å²) < 4.78 is 11.5. The molecule has 2 heterocycles. The molecule has 0 bridgehead atoms. The second-order valence-electron chi connectivity index (χ2n) is 6.26. The summed E-state index contributed by atoms with van der Waals surface area (Å²) in [5, 5.41) is 3.54. The third-order valence-electron chi connectivity index (χ3n) is 4.59. The molecule has 1 aromatic heterocycles. The maximum atomic E-state index is 12.5. The van der Waals surface area contributed by atoms with Gasteiger partial charge in [0.05, 0.1) is 12.2 Å². The van der Waals surface area contributed by atoms with E-state index in [1.165, 1.54) is 7.05 Å². The average Bonchev–Trinajstić information content (AvgIpc) is 3.08. The molecule has 3 aromatic rings. The molecule has 1 N–H and O–H groups in total. The molecule has 3 amide bonds. The van der Waals surface area contributed by atoms with Crippen molar-refractivity contribution in [3.8, 4) is 5.75 Å². The summed E-state index contributed by atoms with van der Waals surface area (Å²) in [7, 11) is 1.47. The number of fused-ring (bicyclic) bond motifs is 1. The fourth-order valence-corrected chi connectivity index (χ4v) is 3.10. The maximum absolute atomic E-state index is 12.5. The molecular weight excluding hydrogens is 332 g/mol. The molecule has 0 spiro atoms. The van der Waals surface area contributed by atoms with E-state index in [9.17, 15) is 9.59 Å². The van der Waals surface area contributed by atoms with Crippen LogP contribution in [0.3, 0.4) is 0 Å². The van der Waals surface area contributed by atoms with Crippen molar-refractivity contribution in [2.75, 3.05) is 13.6 Å². The average molecular weight is 350 g/mol. The Bertz CT molecular complexity index is 964. The van der Waals surface area contributed by atoms with Gasteiger partial charge >= 0.3 is 6.03 Å². The number of hydrogen-bond acceptors (Lipinski definition) is 4. The highest BCUT2D eigenvalue weighted by atomic mass is 16.5. The van der Waals surface area contributed by atoms with Gasteiger partial charge in [-0.2, -0.15) is 0 Å². The number of furan rings is 1. The summed E-state index contributed by atoms with van der Waals surface area (Å²) in [6.45, 7) is 0.715. The molecule has 1 aliphatic heterocycles. The predicted molar refractivity (Wildman–Crippen MR) is 95.9 cm³/mol. The van der Waals surface area contributed by atoms with Gasteiger partial charge in [-0.25, -0.2) is 4.79 Å². The fourth-order valence-electron chi connectivity index (χ4n) is 3.10. The molecule has 2 aromatic carbocycles. The largest absolute Gasteiger partial charge is 0.489 e. The van der Waals surface area contributed by atoms with E-state index < -0.39 is 5.92 Å². The lowest BCUT2D eigenvalue weighted by atomic mass is 9.95. The van der Waals surface area contributed by atoms with E-state index in [1.54, 1.807) is 6.26 Å². The van der Waals surface area contributed by atoms with Crippen LogP contribution >= 0.6 is 0 Å². The Balaban J connectivity index is 1.60. The van der Waals surface area contributed by atoms with E-state index in [-0.39, 0.29) is 18.5 Å². The van der Waals surface area contributed by atoms with Gasteiger partial charge in [0, 0.05) is 24.5 Å². The first kappa shape index (κ1) is 16.2. The quantitative estimate of drug-likeness (QED) is 0.784. The van der Waals surface area contributed by atoms with Crippen LogP contribution in [0.2, 0.25) is 0 Å². The first-order valence-corrected chi connectivity index (χ1v) is 8.37. The zero-order valence-corrected chi connectivity index (χ0v) is 14.3. The van der Waals surface area contributed by atoms with E-state index in [0.29, 0.717) is 17.9 Å². The Morgan fingerprint density at radius 2 is 2.00 bits per heavy atom. The first-order valence-electron chi connectivity index (χ1n) is 8.37. The number of carbonyl (C=O) groups excluding carboxylic acids is 2. The van der Waals surface area contributed by atoms with Crippen LogP contribution in [0.1, 0.15) is 17.0 Å². The summed E-state index contributed by atoms with van der Waals surface area (Å²) in [5.41, 5.74) is 2.51. The molecule has 0 unspecified atom stereocenters. The highest BCUT2D eigenvalue weighted by Crippen LogP contribution is 2.32. The van der Waals surface area contributed by atoms with Crippen molar-refractivity contribution in [2.45, 2.75) is 12.5 Å². The van der Waals surface area contributed by atoms with E-state index in [2.05, 4.69) is 5.32 Å². The minimum Gasteiger partial charge on any atom is -0.489 e. The fraction of sp³-hybridized carbons (Fsp3) is 0.200. The van der Waals surface area contributed by atoms with Crippen LogP contribution in [0, 0.1) is 0 Å². The summed E-state index contributed by atoms with van der Waals surface area (Å²) in [5.74, 6) is -0.0139. The highest BCUT2D eigenvalue weighted by molar-refractivity contribution is 6.02. The lowest BCUT2D eigenvalue weighted by Crippen LogP contribution is -2.51. The van der Waals surface area contributed by atoms with Gasteiger partial charge in [0.15, 0.2) is 0 Å². The number of rotatable bonds is 4. The number of hydrogen-bond donors (Lipinski definition) is 1. The van der Waals surface area contributed by atoms with Gasteiger partial charge in [0.1, 0.15) is 17.9 Å². The van der Waals surface area contributed by atoms with Crippen molar-refractivity contribution in [3.63, 3.8) is 0 Å². The van der Waals surface area contributed by atoms with Gasteiger partial charge in [0.2, 0.25) is 5.91 Å². The van der Waals surface area contributed by atoms with Crippen molar-refractivity contribution >= 4 is 22.9 Å². The molecule has 1 atom stereocenters. The van der Waals surface area contributed by atoms with Crippen molar-refractivity contribution in [1.29, 1.82) is 0 Å². The van der Waals surface area contributed by atoms with E-state index in [1.807, 2.05) is 48.5 Å². The number of ether oxygens (including phenoxy) is 1. The Morgan fingerprint density at radius 3 is 2.81 bits per heavy atom. The SMILES string of the molecule is CN1C(=O)NC[C@H](c2coc3ccc(OCc4ccccc4)cc23)C1=O. The molecule has 4 rings (SSSR count). The predicted octanol–water partition coefficient (Wildman–Crippen LogP) is 3.28. The number of carbonyl (C=O) groups is 2. The smallest absolute Gasteiger partial charge is 0.323 e. The van der Waals surface area contributed by atoms with Crippen molar-refractivity contribution in [3.05, 3.63) is 65.9 Å². The summed E-state index contributed by atoms with van der Waals surface area (Å²) in [6.07, 6.45) is 1.58. The van der Waals surface area contributed by atoms with Gasteiger partial charge in [-0.05, 0) is 23.8 Å². The number of benzene rings is 2. The Labute approximate surface area is 150 Å². The topological polar surface area (TPSA) is 71.8 Å². The van der Waals surface area contributed by atoms with Crippen molar-refractivity contribution in [1.82, 2.24) is 10.2 Å². The van der Waals surface area contributed by atoms with Crippen LogP contribution in [0.15, 0.2) is 59.2 Å². The highest BCUT2D eigenvalue weighted by Gasteiger charge is 2.34. The lowest BCUT2D eigenvalue weighted by Gasteiger charge is -2.28. The number of urea groups is 1. The van der Waals surface area contributed by atoms with Crippen LogP contribution in [-0.4, -0.2) is 30.4 Å². The minimum absolute atomic E-state index is 0.243. The van der Waals surface area contributed by atoms with Crippen molar-refractivity contribution in [2.24, 2.45) is 0 Å². The van der Waals surface area contributed by atoms with E-state index >= 15 is 0 Å². The van der Waals surface area contributed by atoms with Crippen LogP contribution in [0.4, 0.5) is 4.79 Å². The third kappa shape index (κ3) is 2.90. The molecule has 0 saturated carbocycles. The molecule has 26 heavy (non-hydrogen) atoms. The molecule has 0 radical (unpaired) electrons. The number of amides is 3. The van der Waals surface area contributed by atoms with E-state index in [0.717, 1.165) is 21.4 Å². The maximum Gasteiger partial charge on any atom is 0.323 e. The summed E-state index contributed by atoms with van der Waals surface area (Å²) >= 11 is 0. The van der Waals surface area contributed by atoms with Gasteiger partial charge in [-0.1, -0.05) is 30.3 Å². The van der Waals surface area contributed by atoms with E-state index in [4.69, 9.17) is 9.15 Å². The monoisotopic (exact) mass is 350 g/mol. The normalized spacial score (nSPS) is 17.4. The number of likely N-dealkylation sites (N-methyl/N-ethyl adjacent to an activating group) is 1. The van der Waals surface area contributed by atoms with Crippen LogP contribution in [0.25, 0.3) is 11.0 Å². The Kier molecular flexibility index (Phi) is 4.08. The van der Waals surface area contributed by atoms with Crippen LogP contribution in [-0.2, 0) is 11.4 Å². The van der Waals surface area contributed by atoms with Gasteiger partial charge in [-0.15, -0.1) is 0 Å². The van der Waals surface area contributed by atoms with Crippen LogP contribution < -0.4 is 10.1 Å². The van der Waals surface area contributed by atoms with Gasteiger partial charge in [-0.3, -0.25) is 9.69 Å². The number of nitrogens with one attached hydrogen (secondary N) is 1. The first-order chi connectivity index (χ1) is 12.6. The molecule has 0 aliphatic carbocycles. The van der Waals surface area contributed by atoms with Gasteiger partial charge in [0.25, 0.3) is 0 Å². The molecule has 6 nitrogen and oxygen atoms in total. The Morgan fingerprint density at radius 1 is 1.19 bits per heavy atom. The Hall–Kier alpha value is -3.28. The minimum atomic E-state index is -0.469. The zero-order valence-electron chi connectivity index (χ0n) is 14.3. The van der Waals surface area contributed by atoms with Crippen LogP contribution in [0.5, 0.6) is 5.75 Å². The standard InChI is InChI=1S/C20H18N2O4/c1-22-19(23)16(10-21-20(22)24)17-12-26-18-8-7-14(9-15(17)18)25-11-13-5-3-2-4-6-13/h2-9,12,16H,10-11H2,1H3,(H,21,24)/t16-/m1/s1. The molecular formula is C20H18N2O4. The van der Waals surface area contributed by atoms with Gasteiger partial charge < -0.3 is 14.5 Å².